The molecule has 0 radical (unpaired) electrons. The Hall–Kier alpha value is -3.36. The van der Waals surface area contributed by atoms with Crippen LogP contribution in [-0.2, 0) is 20.1 Å². The summed E-state index contributed by atoms with van der Waals surface area (Å²) in [6.07, 6.45) is 3.29. The van der Waals surface area contributed by atoms with Gasteiger partial charge in [-0.1, -0.05) is 29.5 Å². The Morgan fingerprint density at radius 2 is 1.97 bits per heavy atom. The zero-order valence-corrected chi connectivity index (χ0v) is 16.0. The topological polar surface area (TPSA) is 73.1 Å². The number of carbonyl (C=O) groups excluding carboxylic acids is 1. The fraction of sp³-hybridized carbons (Fsp3) is 0.300. The summed E-state index contributed by atoms with van der Waals surface area (Å²) in [6.45, 7) is 0.696. The molecule has 0 saturated heterocycles. The summed E-state index contributed by atoms with van der Waals surface area (Å²) < 4.78 is 33.0. The number of ether oxygens (including phenoxy) is 1. The molecule has 0 N–H and O–H groups in total. The molecule has 1 aromatic carbocycles. The molecule has 0 unspecified atom stereocenters. The molecule has 1 amide bonds. The van der Waals surface area contributed by atoms with E-state index in [0.717, 1.165) is 29.3 Å². The maximum Gasteiger partial charge on any atom is 0.278 e. The molecule has 3 aromatic rings. The van der Waals surface area contributed by atoms with E-state index in [9.17, 15) is 13.6 Å². The Morgan fingerprint density at radius 3 is 2.62 bits per heavy atom. The van der Waals surface area contributed by atoms with E-state index in [1.807, 2.05) is 30.5 Å². The molecule has 29 heavy (non-hydrogen) atoms. The maximum absolute atomic E-state index is 13.1. The van der Waals surface area contributed by atoms with Gasteiger partial charge in [0, 0.05) is 38.8 Å². The molecule has 3 heterocycles. The van der Waals surface area contributed by atoms with Crippen LogP contribution < -0.4 is 4.74 Å². The third kappa shape index (κ3) is 4.08. The first-order valence-corrected chi connectivity index (χ1v) is 9.03. The zero-order chi connectivity index (χ0) is 20.6. The molecule has 0 aliphatic carbocycles. The zero-order valence-electron chi connectivity index (χ0n) is 16.0. The van der Waals surface area contributed by atoms with Crippen LogP contribution in [0.25, 0.3) is 11.3 Å². The number of pyridine rings is 1. The lowest BCUT2D eigenvalue weighted by Gasteiger charge is -2.16. The number of aryl methyl sites for hydroxylation is 1. The van der Waals surface area contributed by atoms with Crippen molar-refractivity contribution in [2.75, 3.05) is 6.61 Å². The van der Waals surface area contributed by atoms with E-state index in [2.05, 4.69) is 15.3 Å². The number of rotatable bonds is 6. The number of halogens is 2. The average molecular weight is 399 g/mol. The lowest BCUT2D eigenvalue weighted by Crippen LogP contribution is -2.25. The minimum Gasteiger partial charge on any atom is -0.471 e. The van der Waals surface area contributed by atoms with Crippen LogP contribution in [0, 0.1) is 0 Å². The highest BCUT2D eigenvalue weighted by molar-refractivity contribution is 6.00. The molecular formula is C20H19F2N5O2. The molecule has 7 nitrogen and oxygen atoms in total. The molecule has 4 rings (SSSR count). The van der Waals surface area contributed by atoms with E-state index >= 15 is 0 Å². The number of benzene rings is 1. The Morgan fingerprint density at radius 1 is 1.21 bits per heavy atom. The number of fused-ring (bicyclic) bond motifs is 1. The first kappa shape index (κ1) is 19.0. The number of amides is 1. The molecular weight excluding hydrogens is 380 g/mol. The SMILES string of the molecule is Cn1cc(-c2ccc(CN3Cc4ccnc(OCC(C)(F)F)c4C3=O)cc2)nn1. The number of carbonyl (C=O) groups is 1. The average Bonchev–Trinajstić information content (AvgIpc) is 3.24. The highest BCUT2D eigenvalue weighted by atomic mass is 19.3. The highest BCUT2D eigenvalue weighted by Crippen LogP contribution is 2.31. The number of hydrogen-bond acceptors (Lipinski definition) is 5. The second-order valence-electron chi connectivity index (χ2n) is 7.14. The lowest BCUT2D eigenvalue weighted by molar-refractivity contribution is -0.0245. The predicted molar refractivity (Wildman–Crippen MR) is 100 cm³/mol. The molecule has 0 saturated carbocycles. The fourth-order valence-corrected chi connectivity index (χ4v) is 3.19. The van der Waals surface area contributed by atoms with E-state index in [-0.39, 0.29) is 17.4 Å². The Bertz CT molecular complexity index is 1040. The molecule has 1 aliphatic rings. The van der Waals surface area contributed by atoms with Crippen LogP contribution in [0.4, 0.5) is 8.78 Å². The van der Waals surface area contributed by atoms with Gasteiger partial charge in [-0.15, -0.1) is 5.10 Å². The second kappa shape index (κ2) is 7.23. The fourth-order valence-electron chi connectivity index (χ4n) is 3.19. The quantitative estimate of drug-likeness (QED) is 0.637. The molecule has 1 aliphatic heterocycles. The van der Waals surface area contributed by atoms with Gasteiger partial charge in [0.25, 0.3) is 11.8 Å². The van der Waals surface area contributed by atoms with Crippen LogP contribution in [0.3, 0.4) is 0 Å². The third-order valence-corrected chi connectivity index (χ3v) is 4.55. The van der Waals surface area contributed by atoms with Crippen molar-refractivity contribution >= 4 is 5.91 Å². The van der Waals surface area contributed by atoms with Crippen molar-refractivity contribution in [1.29, 1.82) is 0 Å². The summed E-state index contributed by atoms with van der Waals surface area (Å²) >= 11 is 0. The van der Waals surface area contributed by atoms with Gasteiger partial charge in [0.2, 0.25) is 5.88 Å². The largest absolute Gasteiger partial charge is 0.471 e. The van der Waals surface area contributed by atoms with Crippen molar-refractivity contribution in [3.63, 3.8) is 0 Å². The number of hydrogen-bond donors (Lipinski definition) is 0. The maximum atomic E-state index is 13.1. The monoisotopic (exact) mass is 399 g/mol. The van der Waals surface area contributed by atoms with Crippen LogP contribution in [0.5, 0.6) is 5.88 Å². The van der Waals surface area contributed by atoms with Crippen molar-refractivity contribution in [1.82, 2.24) is 24.9 Å². The normalized spacial score (nSPS) is 13.7. The highest BCUT2D eigenvalue weighted by Gasteiger charge is 2.33. The molecule has 2 aromatic heterocycles. The first-order valence-electron chi connectivity index (χ1n) is 9.03. The van der Waals surface area contributed by atoms with Gasteiger partial charge in [-0.25, -0.2) is 13.8 Å². The van der Waals surface area contributed by atoms with Crippen molar-refractivity contribution in [3.05, 3.63) is 59.4 Å². The van der Waals surface area contributed by atoms with Gasteiger partial charge in [-0.3, -0.25) is 9.48 Å². The van der Waals surface area contributed by atoms with Crippen molar-refractivity contribution < 1.29 is 18.3 Å². The lowest BCUT2D eigenvalue weighted by atomic mass is 10.1. The first-order chi connectivity index (χ1) is 13.8. The van der Waals surface area contributed by atoms with Gasteiger partial charge in [0.15, 0.2) is 6.61 Å². The summed E-state index contributed by atoms with van der Waals surface area (Å²) in [5.74, 6) is -3.33. The number of nitrogens with zero attached hydrogens (tertiary/aromatic N) is 5. The third-order valence-electron chi connectivity index (χ3n) is 4.55. The number of aromatic nitrogens is 4. The van der Waals surface area contributed by atoms with E-state index < -0.39 is 12.5 Å². The van der Waals surface area contributed by atoms with Crippen molar-refractivity contribution in [3.8, 4) is 17.1 Å². The van der Waals surface area contributed by atoms with Gasteiger partial charge < -0.3 is 9.64 Å². The van der Waals surface area contributed by atoms with Gasteiger partial charge in [-0.05, 0) is 17.2 Å². The second-order valence-corrected chi connectivity index (χ2v) is 7.14. The predicted octanol–water partition coefficient (Wildman–Crippen LogP) is 3.07. The molecule has 0 fully saturated rings. The molecule has 9 heteroatoms. The van der Waals surface area contributed by atoms with E-state index in [4.69, 9.17) is 4.74 Å². The van der Waals surface area contributed by atoms with E-state index in [0.29, 0.717) is 13.1 Å². The Balaban J connectivity index is 1.48. The summed E-state index contributed by atoms with van der Waals surface area (Å²) in [5.41, 5.74) is 3.61. The molecule has 0 spiro atoms. The number of alkyl halides is 2. The van der Waals surface area contributed by atoms with Crippen LogP contribution in [0.2, 0.25) is 0 Å². The van der Waals surface area contributed by atoms with E-state index in [1.165, 1.54) is 6.20 Å². The van der Waals surface area contributed by atoms with Gasteiger partial charge >= 0.3 is 0 Å². The summed E-state index contributed by atoms with van der Waals surface area (Å²) in [4.78, 5) is 18.4. The Kier molecular flexibility index (Phi) is 4.73. The van der Waals surface area contributed by atoms with Crippen molar-refractivity contribution in [2.24, 2.45) is 7.05 Å². The molecule has 0 atom stereocenters. The molecule has 150 valence electrons. The van der Waals surface area contributed by atoms with Crippen LogP contribution in [0.15, 0.2) is 42.7 Å². The minimum atomic E-state index is -3.00. The smallest absolute Gasteiger partial charge is 0.278 e. The van der Waals surface area contributed by atoms with Gasteiger partial charge in [-0.2, -0.15) is 0 Å². The molecule has 0 bridgehead atoms. The summed E-state index contributed by atoms with van der Waals surface area (Å²) in [7, 11) is 1.80. The van der Waals surface area contributed by atoms with E-state index in [1.54, 1.807) is 22.7 Å². The summed E-state index contributed by atoms with van der Waals surface area (Å²) in [5, 5.41) is 8.00. The van der Waals surface area contributed by atoms with Gasteiger partial charge in [0.1, 0.15) is 11.3 Å². The van der Waals surface area contributed by atoms with Gasteiger partial charge in [0.05, 0.1) is 6.20 Å². The standard InChI is InChI=1S/C20H19F2N5O2/c1-20(21,22)12-29-18-17-15(7-8-23-18)10-27(19(17)28)9-13-3-5-14(6-4-13)16-11-26(2)25-24-16/h3-8,11H,9-10,12H2,1-2H3. The van der Waals surface area contributed by atoms with Crippen LogP contribution in [-0.4, -0.2) is 43.3 Å². The van der Waals surface area contributed by atoms with Crippen molar-refractivity contribution in [2.45, 2.75) is 25.9 Å². The summed E-state index contributed by atoms with van der Waals surface area (Å²) in [6, 6.07) is 9.40. The van der Waals surface area contributed by atoms with Crippen LogP contribution in [0.1, 0.15) is 28.4 Å². The van der Waals surface area contributed by atoms with Crippen LogP contribution >= 0.6 is 0 Å². The minimum absolute atomic E-state index is 0.0467. The Labute approximate surface area is 165 Å².